The maximum Gasteiger partial charge on any atom is 0.0704 e. The third-order valence-electron chi connectivity index (χ3n) is 4.88. The summed E-state index contributed by atoms with van der Waals surface area (Å²) in [4.78, 5) is 2.51. The molecular formula is C19H24N4. The lowest BCUT2D eigenvalue weighted by Gasteiger charge is -2.42. The number of benzene rings is 2. The molecule has 0 saturated carbocycles. The number of hydrazine groups is 2. The first-order valence-corrected chi connectivity index (χ1v) is 8.26. The third kappa shape index (κ3) is 2.43. The Bertz CT molecular complexity index is 719. The molecule has 4 heteroatoms. The minimum atomic E-state index is 0.0511. The highest BCUT2D eigenvalue weighted by atomic mass is 15.7. The van der Waals surface area contributed by atoms with Gasteiger partial charge in [0.2, 0.25) is 0 Å². The average Bonchev–Trinajstić information content (AvgIpc) is 2.99. The second-order valence-corrected chi connectivity index (χ2v) is 7.38. The number of anilines is 1. The largest absolute Gasteiger partial charge is 0.362 e. The first-order chi connectivity index (χ1) is 11.1. The van der Waals surface area contributed by atoms with Gasteiger partial charge < -0.3 is 4.90 Å². The van der Waals surface area contributed by atoms with Gasteiger partial charge in [0.1, 0.15) is 0 Å². The van der Waals surface area contributed by atoms with Crippen LogP contribution in [0.4, 0.5) is 5.69 Å². The summed E-state index contributed by atoms with van der Waals surface area (Å²) < 4.78 is 0. The van der Waals surface area contributed by atoms with E-state index in [1.165, 1.54) is 22.4 Å². The Morgan fingerprint density at radius 3 is 2.22 bits per heavy atom. The Labute approximate surface area is 137 Å². The van der Waals surface area contributed by atoms with Crippen molar-refractivity contribution in [2.24, 2.45) is 0 Å². The number of fused-ring (bicyclic) bond motifs is 5. The summed E-state index contributed by atoms with van der Waals surface area (Å²) in [5, 5.41) is 0. The van der Waals surface area contributed by atoms with Crippen molar-refractivity contribution in [3.8, 4) is 0 Å². The van der Waals surface area contributed by atoms with Crippen molar-refractivity contribution in [3.05, 3.63) is 65.2 Å². The zero-order valence-corrected chi connectivity index (χ0v) is 13.9. The van der Waals surface area contributed by atoms with Crippen LogP contribution < -0.4 is 21.3 Å². The molecule has 0 aromatic heterocycles. The minimum absolute atomic E-state index is 0.0511. The summed E-state index contributed by atoms with van der Waals surface area (Å²) in [7, 11) is 0. The van der Waals surface area contributed by atoms with E-state index < -0.39 is 0 Å². The maximum atomic E-state index is 3.41. The number of hydrogen-bond donors (Lipinski definition) is 3. The summed E-state index contributed by atoms with van der Waals surface area (Å²) in [5.74, 6) is 0. The standard InChI is InChI=1S/C19H24N4/c1-19(2,3)23-12-13-8-4-5-9-14(13)17-18(21-22-20-17)15-10-6-7-11-16(15)23/h4-11,17-18,20-22H,12H2,1-3H3. The SMILES string of the molecule is CC(C)(C)N1Cc2ccccc2C2NNNC2c2ccccc21. The fourth-order valence-electron chi connectivity index (χ4n) is 3.71. The minimum Gasteiger partial charge on any atom is -0.362 e. The maximum absolute atomic E-state index is 3.41. The van der Waals surface area contributed by atoms with Crippen LogP contribution in [0.15, 0.2) is 48.5 Å². The summed E-state index contributed by atoms with van der Waals surface area (Å²) in [6, 6.07) is 17.9. The molecule has 4 nitrogen and oxygen atoms in total. The third-order valence-corrected chi connectivity index (χ3v) is 4.88. The molecule has 2 atom stereocenters. The van der Waals surface area contributed by atoms with E-state index in [0.717, 1.165) is 6.54 Å². The molecule has 1 saturated heterocycles. The van der Waals surface area contributed by atoms with E-state index >= 15 is 0 Å². The van der Waals surface area contributed by atoms with Crippen molar-refractivity contribution in [2.45, 2.75) is 44.9 Å². The molecule has 0 spiro atoms. The molecule has 23 heavy (non-hydrogen) atoms. The molecule has 4 rings (SSSR count). The molecule has 2 aromatic rings. The van der Waals surface area contributed by atoms with Crippen LogP contribution in [-0.2, 0) is 6.54 Å². The van der Waals surface area contributed by atoms with Crippen LogP contribution in [0.2, 0.25) is 0 Å². The Hall–Kier alpha value is -1.88. The van der Waals surface area contributed by atoms with Gasteiger partial charge in [0, 0.05) is 17.8 Å². The van der Waals surface area contributed by atoms with Gasteiger partial charge in [0.05, 0.1) is 12.1 Å². The van der Waals surface area contributed by atoms with Gasteiger partial charge >= 0.3 is 0 Å². The monoisotopic (exact) mass is 308 g/mol. The Morgan fingerprint density at radius 1 is 0.870 bits per heavy atom. The topological polar surface area (TPSA) is 39.3 Å². The predicted molar refractivity (Wildman–Crippen MR) is 93.7 cm³/mol. The highest BCUT2D eigenvalue weighted by Gasteiger charge is 2.37. The van der Waals surface area contributed by atoms with Gasteiger partial charge in [-0.25, -0.2) is 10.9 Å². The molecule has 0 amide bonds. The molecule has 120 valence electrons. The van der Waals surface area contributed by atoms with Gasteiger partial charge in [-0.15, -0.1) is 0 Å². The van der Waals surface area contributed by atoms with E-state index in [1.807, 2.05) is 0 Å². The Balaban J connectivity index is 1.94. The molecule has 0 aliphatic carbocycles. The second kappa shape index (κ2) is 5.34. The molecule has 1 fully saturated rings. The van der Waals surface area contributed by atoms with E-state index in [1.54, 1.807) is 0 Å². The van der Waals surface area contributed by atoms with Crippen LogP contribution in [0, 0.1) is 0 Å². The lowest BCUT2D eigenvalue weighted by molar-refractivity contribution is 0.476. The van der Waals surface area contributed by atoms with Crippen LogP contribution in [0.25, 0.3) is 0 Å². The van der Waals surface area contributed by atoms with Gasteiger partial charge in [-0.2, -0.15) is 5.53 Å². The molecule has 2 unspecified atom stereocenters. The molecule has 3 N–H and O–H groups in total. The summed E-state index contributed by atoms with van der Waals surface area (Å²) in [6.07, 6.45) is 0. The van der Waals surface area contributed by atoms with E-state index in [4.69, 9.17) is 0 Å². The van der Waals surface area contributed by atoms with Crippen molar-refractivity contribution in [1.82, 2.24) is 16.4 Å². The van der Waals surface area contributed by atoms with Crippen LogP contribution in [0.1, 0.15) is 49.5 Å². The molecule has 0 radical (unpaired) electrons. The normalized spacial score (nSPS) is 23.5. The first kappa shape index (κ1) is 14.7. The highest BCUT2D eigenvalue weighted by Crippen LogP contribution is 2.42. The molecule has 2 aliphatic heterocycles. The first-order valence-electron chi connectivity index (χ1n) is 8.26. The van der Waals surface area contributed by atoms with Crippen LogP contribution in [0.5, 0.6) is 0 Å². The number of nitrogens with zero attached hydrogens (tertiary/aromatic N) is 1. The zero-order chi connectivity index (χ0) is 16.0. The predicted octanol–water partition coefficient (Wildman–Crippen LogP) is 3.20. The van der Waals surface area contributed by atoms with Crippen molar-refractivity contribution in [3.63, 3.8) is 0 Å². The van der Waals surface area contributed by atoms with Gasteiger partial charge in [-0.3, -0.25) is 0 Å². The number of rotatable bonds is 0. The Kier molecular flexibility index (Phi) is 3.41. The molecule has 0 bridgehead atoms. The summed E-state index contributed by atoms with van der Waals surface area (Å²) >= 11 is 0. The van der Waals surface area contributed by atoms with E-state index in [0.29, 0.717) is 0 Å². The van der Waals surface area contributed by atoms with E-state index in [9.17, 15) is 0 Å². The van der Waals surface area contributed by atoms with Crippen LogP contribution in [0.3, 0.4) is 0 Å². The second-order valence-electron chi connectivity index (χ2n) is 7.38. The smallest absolute Gasteiger partial charge is 0.0704 e. The van der Waals surface area contributed by atoms with Crippen molar-refractivity contribution in [1.29, 1.82) is 0 Å². The zero-order valence-electron chi connectivity index (χ0n) is 13.9. The fraction of sp³-hybridized carbons (Fsp3) is 0.368. The van der Waals surface area contributed by atoms with Crippen molar-refractivity contribution < 1.29 is 0 Å². The molecule has 2 aliphatic rings. The average molecular weight is 308 g/mol. The van der Waals surface area contributed by atoms with Crippen molar-refractivity contribution >= 4 is 5.69 Å². The number of para-hydroxylation sites is 1. The lowest BCUT2D eigenvalue weighted by atomic mass is 9.87. The molecular weight excluding hydrogens is 284 g/mol. The van der Waals surface area contributed by atoms with Crippen molar-refractivity contribution in [2.75, 3.05) is 4.90 Å². The van der Waals surface area contributed by atoms with Crippen LogP contribution >= 0.6 is 0 Å². The van der Waals surface area contributed by atoms with Gasteiger partial charge in [0.15, 0.2) is 0 Å². The van der Waals surface area contributed by atoms with E-state index in [2.05, 4.69) is 90.6 Å². The number of nitrogens with one attached hydrogen (secondary N) is 3. The lowest BCUT2D eigenvalue weighted by Crippen LogP contribution is -2.43. The number of hydrogen-bond acceptors (Lipinski definition) is 4. The van der Waals surface area contributed by atoms with Gasteiger partial charge in [-0.1, -0.05) is 42.5 Å². The molecule has 2 heterocycles. The fourth-order valence-corrected chi connectivity index (χ4v) is 3.71. The summed E-state index contributed by atoms with van der Waals surface area (Å²) in [6.45, 7) is 7.76. The van der Waals surface area contributed by atoms with Gasteiger partial charge in [0.25, 0.3) is 0 Å². The van der Waals surface area contributed by atoms with Gasteiger partial charge in [-0.05, 0) is 43.5 Å². The molecule has 2 aromatic carbocycles. The van der Waals surface area contributed by atoms with E-state index in [-0.39, 0.29) is 17.6 Å². The quantitative estimate of drug-likeness (QED) is 0.699. The Morgan fingerprint density at radius 2 is 1.48 bits per heavy atom. The van der Waals surface area contributed by atoms with Crippen LogP contribution in [-0.4, -0.2) is 5.54 Å². The highest BCUT2D eigenvalue weighted by molar-refractivity contribution is 5.59. The summed E-state index contributed by atoms with van der Waals surface area (Å²) in [5.41, 5.74) is 15.4.